The van der Waals surface area contributed by atoms with Gasteiger partial charge in [0.2, 0.25) is 0 Å². The molecule has 2 heterocycles. The fraction of sp³-hybridized carbons (Fsp3) is 0.0769. The smallest absolute Gasteiger partial charge is 0.273 e. The van der Waals surface area contributed by atoms with Crippen molar-refractivity contribution < 1.29 is 0 Å². The molecule has 5 heteroatoms. The lowest BCUT2D eigenvalue weighted by Crippen LogP contribution is -2.14. The maximum atomic E-state index is 11.9. The molecule has 3 rings (SSSR count). The Morgan fingerprint density at radius 2 is 1.94 bits per heavy atom. The second-order valence-electron chi connectivity index (χ2n) is 4.25. The van der Waals surface area contributed by atoms with E-state index in [1.807, 2.05) is 31.2 Å². The number of aryl methyl sites for hydroxylation is 1. The van der Waals surface area contributed by atoms with Crippen molar-refractivity contribution in [3.05, 3.63) is 52.3 Å². The minimum atomic E-state index is -0.174. The highest BCUT2D eigenvalue weighted by Crippen LogP contribution is 2.17. The summed E-state index contributed by atoms with van der Waals surface area (Å²) in [4.78, 5) is 16.3. The third-order valence-electron chi connectivity index (χ3n) is 2.82. The van der Waals surface area contributed by atoms with E-state index in [-0.39, 0.29) is 5.56 Å². The first kappa shape index (κ1) is 10.6. The Morgan fingerprint density at radius 3 is 2.67 bits per heavy atom. The van der Waals surface area contributed by atoms with Crippen LogP contribution < -0.4 is 11.3 Å². The molecule has 0 unspecified atom stereocenters. The first-order valence-electron chi connectivity index (χ1n) is 5.59. The molecule has 0 aliphatic heterocycles. The molecule has 18 heavy (non-hydrogen) atoms. The van der Waals surface area contributed by atoms with E-state index >= 15 is 0 Å². The molecule has 2 aromatic heterocycles. The molecule has 0 saturated carbocycles. The molecule has 0 amide bonds. The van der Waals surface area contributed by atoms with Gasteiger partial charge in [0.1, 0.15) is 5.82 Å². The number of aromatic amines is 1. The molecule has 0 bridgehead atoms. The minimum Gasteiger partial charge on any atom is -0.384 e. The quantitative estimate of drug-likeness (QED) is 0.678. The zero-order chi connectivity index (χ0) is 12.7. The maximum absolute atomic E-state index is 11.9. The summed E-state index contributed by atoms with van der Waals surface area (Å²) >= 11 is 0. The molecule has 0 aliphatic carbocycles. The largest absolute Gasteiger partial charge is 0.384 e. The van der Waals surface area contributed by atoms with E-state index in [0.29, 0.717) is 17.2 Å². The van der Waals surface area contributed by atoms with Crippen molar-refractivity contribution in [2.75, 3.05) is 5.73 Å². The van der Waals surface area contributed by atoms with Gasteiger partial charge in [-0.2, -0.15) is 4.52 Å². The van der Waals surface area contributed by atoms with E-state index in [0.717, 1.165) is 5.56 Å². The van der Waals surface area contributed by atoms with Gasteiger partial charge in [0.15, 0.2) is 5.65 Å². The molecule has 0 atom stereocenters. The third-order valence-corrected chi connectivity index (χ3v) is 2.82. The molecule has 0 saturated heterocycles. The first-order valence-corrected chi connectivity index (χ1v) is 5.59. The van der Waals surface area contributed by atoms with Crippen molar-refractivity contribution in [2.45, 2.75) is 6.92 Å². The van der Waals surface area contributed by atoms with Gasteiger partial charge in [-0.1, -0.05) is 29.8 Å². The Kier molecular flexibility index (Phi) is 2.19. The Morgan fingerprint density at radius 1 is 1.22 bits per heavy atom. The van der Waals surface area contributed by atoms with Gasteiger partial charge in [-0.15, -0.1) is 0 Å². The molecule has 90 valence electrons. The number of nitrogens with two attached hydrogens (primary N) is 1. The number of H-pyrrole nitrogens is 1. The second-order valence-corrected chi connectivity index (χ2v) is 4.25. The maximum Gasteiger partial charge on any atom is 0.273 e. The highest BCUT2D eigenvalue weighted by Gasteiger charge is 2.06. The van der Waals surface area contributed by atoms with Gasteiger partial charge in [-0.25, -0.2) is 4.98 Å². The monoisotopic (exact) mass is 240 g/mol. The van der Waals surface area contributed by atoms with E-state index in [1.165, 1.54) is 16.1 Å². The number of aromatic nitrogens is 3. The Hall–Kier alpha value is -2.56. The lowest BCUT2D eigenvalue weighted by atomic mass is 10.1. The summed E-state index contributed by atoms with van der Waals surface area (Å²) in [5.41, 5.74) is 8.70. The number of nitrogens with one attached hydrogen (secondary N) is 1. The molecule has 3 N–H and O–H groups in total. The van der Waals surface area contributed by atoms with Crippen molar-refractivity contribution in [2.24, 2.45) is 0 Å². The SMILES string of the molecule is Cc1ccc(-c2cc(=O)n3[nH]c(N)cc3n2)cc1. The van der Waals surface area contributed by atoms with E-state index in [2.05, 4.69) is 10.1 Å². The van der Waals surface area contributed by atoms with E-state index in [1.54, 1.807) is 6.07 Å². The summed E-state index contributed by atoms with van der Waals surface area (Å²) in [6.45, 7) is 2.02. The second kappa shape index (κ2) is 3.73. The van der Waals surface area contributed by atoms with Crippen LogP contribution in [-0.2, 0) is 0 Å². The normalized spacial score (nSPS) is 10.9. The standard InChI is InChI=1S/C13H12N4O/c1-8-2-4-9(5-3-8)10-6-13(18)17-12(15-10)7-11(14)16-17/h2-7,16H,14H2,1H3. The van der Waals surface area contributed by atoms with Crippen LogP contribution in [0.3, 0.4) is 0 Å². The number of hydrogen-bond acceptors (Lipinski definition) is 3. The summed E-state index contributed by atoms with van der Waals surface area (Å²) in [5, 5.41) is 2.73. The molecule has 0 aliphatic rings. The number of nitrogens with zero attached hydrogens (tertiary/aromatic N) is 2. The summed E-state index contributed by atoms with van der Waals surface area (Å²) < 4.78 is 1.33. The molecule has 0 spiro atoms. The van der Waals surface area contributed by atoms with Gasteiger partial charge in [-0.3, -0.25) is 9.89 Å². The lowest BCUT2D eigenvalue weighted by molar-refractivity contribution is 0.906. The third kappa shape index (κ3) is 1.66. The van der Waals surface area contributed by atoms with Crippen LogP contribution in [0.5, 0.6) is 0 Å². The zero-order valence-corrected chi connectivity index (χ0v) is 9.84. The highest BCUT2D eigenvalue weighted by molar-refractivity contribution is 5.62. The minimum absolute atomic E-state index is 0.174. The average Bonchev–Trinajstić information content (AvgIpc) is 2.71. The fourth-order valence-corrected chi connectivity index (χ4v) is 1.88. The van der Waals surface area contributed by atoms with Crippen LogP contribution in [0, 0.1) is 6.92 Å². The van der Waals surface area contributed by atoms with Crippen molar-refractivity contribution in [3.8, 4) is 11.3 Å². The van der Waals surface area contributed by atoms with E-state index < -0.39 is 0 Å². The van der Waals surface area contributed by atoms with Gasteiger partial charge >= 0.3 is 0 Å². The highest BCUT2D eigenvalue weighted by atomic mass is 16.1. The fourth-order valence-electron chi connectivity index (χ4n) is 1.88. The predicted molar refractivity (Wildman–Crippen MR) is 70.4 cm³/mol. The van der Waals surface area contributed by atoms with E-state index in [4.69, 9.17) is 5.73 Å². The number of fused-ring (bicyclic) bond motifs is 1. The average molecular weight is 240 g/mol. The summed E-state index contributed by atoms with van der Waals surface area (Å²) in [6.07, 6.45) is 0. The Labute approximate surface area is 103 Å². The van der Waals surface area contributed by atoms with Gasteiger partial charge in [0.25, 0.3) is 5.56 Å². The van der Waals surface area contributed by atoms with Crippen molar-refractivity contribution in [1.29, 1.82) is 0 Å². The zero-order valence-electron chi connectivity index (χ0n) is 9.84. The first-order chi connectivity index (χ1) is 8.63. The molecule has 0 fully saturated rings. The van der Waals surface area contributed by atoms with Crippen LogP contribution in [0.4, 0.5) is 5.82 Å². The van der Waals surface area contributed by atoms with Crippen LogP contribution in [0.25, 0.3) is 16.9 Å². The summed E-state index contributed by atoms with van der Waals surface area (Å²) in [5.74, 6) is 0.417. The van der Waals surface area contributed by atoms with E-state index in [9.17, 15) is 4.79 Å². The van der Waals surface area contributed by atoms with Crippen molar-refractivity contribution in [1.82, 2.24) is 14.6 Å². The van der Waals surface area contributed by atoms with Gasteiger partial charge in [-0.05, 0) is 6.92 Å². The number of rotatable bonds is 1. The molecule has 1 aromatic carbocycles. The van der Waals surface area contributed by atoms with Gasteiger partial charge < -0.3 is 5.73 Å². The summed E-state index contributed by atoms with van der Waals surface area (Å²) in [6, 6.07) is 11.0. The molecular formula is C13H12N4O. The van der Waals surface area contributed by atoms with Crippen LogP contribution in [0.1, 0.15) is 5.56 Å². The van der Waals surface area contributed by atoms with Gasteiger partial charge in [0.05, 0.1) is 5.69 Å². The lowest BCUT2D eigenvalue weighted by Gasteiger charge is -2.01. The number of benzene rings is 1. The number of anilines is 1. The Bertz CT molecular complexity index is 768. The molecule has 3 aromatic rings. The summed E-state index contributed by atoms with van der Waals surface area (Å²) in [7, 11) is 0. The van der Waals surface area contributed by atoms with Crippen molar-refractivity contribution in [3.63, 3.8) is 0 Å². The van der Waals surface area contributed by atoms with Crippen LogP contribution in [-0.4, -0.2) is 14.6 Å². The predicted octanol–water partition coefficient (Wildman–Crippen LogP) is 1.58. The number of hydrogen-bond donors (Lipinski definition) is 2. The van der Waals surface area contributed by atoms with Crippen LogP contribution in [0.2, 0.25) is 0 Å². The number of nitrogen functional groups attached to an aromatic ring is 1. The van der Waals surface area contributed by atoms with Crippen LogP contribution >= 0.6 is 0 Å². The molecule has 0 radical (unpaired) electrons. The topological polar surface area (TPSA) is 76.2 Å². The van der Waals surface area contributed by atoms with Gasteiger partial charge in [0, 0.05) is 17.7 Å². The molecular weight excluding hydrogens is 228 g/mol. The van der Waals surface area contributed by atoms with Crippen LogP contribution in [0.15, 0.2) is 41.2 Å². The molecule has 5 nitrogen and oxygen atoms in total. The Balaban J connectivity index is 2.24. The van der Waals surface area contributed by atoms with Crippen molar-refractivity contribution >= 4 is 11.5 Å².